The third-order valence-electron chi connectivity index (χ3n) is 9.36. The Morgan fingerprint density at radius 2 is 2.12 bits per heavy atom. The summed E-state index contributed by atoms with van der Waals surface area (Å²) in [6.45, 7) is 4.83. The maximum absolute atomic E-state index is 14.6. The van der Waals surface area contributed by atoms with E-state index in [2.05, 4.69) is 20.1 Å². The summed E-state index contributed by atoms with van der Waals surface area (Å²) in [7, 11) is 3.49. The second-order valence-corrected chi connectivity index (χ2v) is 12.4. The van der Waals surface area contributed by atoms with Crippen LogP contribution in [0.2, 0.25) is 0 Å². The highest BCUT2D eigenvalue weighted by Gasteiger charge is 2.60. The number of methoxy groups -OCH3 is 1. The number of ether oxygens (including phenoxy) is 2. The third kappa shape index (κ3) is 5.66. The van der Waals surface area contributed by atoms with Crippen LogP contribution >= 0.6 is 24.4 Å². The molecule has 2 unspecified atom stereocenters. The molecule has 1 aromatic heterocycles. The summed E-state index contributed by atoms with van der Waals surface area (Å²) in [6, 6.07) is 1.15. The Labute approximate surface area is 249 Å². The number of amides is 1. The number of carbonyl (C=O) groups excluding carboxylic acids is 1. The minimum atomic E-state index is -4.49. The van der Waals surface area contributed by atoms with E-state index in [1.54, 1.807) is 12.0 Å². The SMILES string of the molecule is CCC(=S)N1C[C@@H]2C[C@@H](N(C(=S)NC)C3CCOCC3OC)C[C@]2(C(=O)N2CCc3ncc(C(F)(F)F)cc3C2)C1. The summed E-state index contributed by atoms with van der Waals surface area (Å²) in [5.74, 6) is 0.0218. The molecule has 13 heteroatoms. The van der Waals surface area contributed by atoms with Crippen LogP contribution in [0.3, 0.4) is 0 Å². The first-order valence-electron chi connectivity index (χ1n) is 14.2. The molecule has 0 spiro atoms. The number of rotatable bonds is 5. The van der Waals surface area contributed by atoms with E-state index >= 15 is 0 Å². The molecule has 3 fully saturated rings. The van der Waals surface area contributed by atoms with E-state index in [4.69, 9.17) is 33.9 Å². The fraction of sp³-hybridized carbons (Fsp3) is 0.714. The number of likely N-dealkylation sites (tertiary alicyclic amines) is 1. The average molecular weight is 614 g/mol. The molecule has 1 amide bonds. The van der Waals surface area contributed by atoms with Crippen molar-refractivity contribution >= 4 is 40.4 Å². The molecule has 4 aliphatic rings. The number of nitrogens with one attached hydrogen (secondary N) is 1. The number of halogens is 3. The zero-order valence-electron chi connectivity index (χ0n) is 23.7. The van der Waals surface area contributed by atoms with Crippen molar-refractivity contribution < 1.29 is 27.4 Å². The Hall–Kier alpha value is -2.09. The van der Waals surface area contributed by atoms with Crippen LogP contribution in [0.25, 0.3) is 0 Å². The van der Waals surface area contributed by atoms with E-state index in [0.717, 1.165) is 30.1 Å². The average Bonchev–Trinajstić information content (AvgIpc) is 3.51. The minimum absolute atomic E-state index is 0.00225. The number of pyridine rings is 1. The molecule has 5 atom stereocenters. The van der Waals surface area contributed by atoms with Gasteiger partial charge in [0.05, 0.1) is 28.6 Å². The van der Waals surface area contributed by atoms with Gasteiger partial charge in [0.15, 0.2) is 5.11 Å². The van der Waals surface area contributed by atoms with Crippen molar-refractivity contribution in [2.75, 3.05) is 47.0 Å². The summed E-state index contributed by atoms with van der Waals surface area (Å²) in [5.41, 5.74) is -0.422. The summed E-state index contributed by atoms with van der Waals surface area (Å²) < 4.78 is 51.8. The van der Waals surface area contributed by atoms with Gasteiger partial charge in [-0.05, 0) is 55.4 Å². The largest absolute Gasteiger partial charge is 0.417 e. The van der Waals surface area contributed by atoms with E-state index in [1.165, 1.54) is 0 Å². The second-order valence-electron chi connectivity index (χ2n) is 11.5. The molecule has 226 valence electrons. The van der Waals surface area contributed by atoms with Crippen LogP contribution in [0.4, 0.5) is 13.2 Å². The van der Waals surface area contributed by atoms with Crippen LogP contribution < -0.4 is 5.32 Å². The summed E-state index contributed by atoms with van der Waals surface area (Å²) in [6.07, 6.45) is -0.520. The molecule has 3 aliphatic heterocycles. The summed E-state index contributed by atoms with van der Waals surface area (Å²) in [5, 5.41) is 3.77. The standard InChI is InChI=1S/C28H38F3N5O3S2/c1-4-24(40)35-14-19-10-20(36(26(41)32-2)22-6-8-39-15-23(22)38-3)11-27(19,16-35)25(37)34-7-5-21-17(13-34)9-18(12-33-21)28(29,30)31/h9,12,19-20,22-23H,4-8,10-11,13-16H2,1-3H3,(H,32,41)/t19-,20+,22?,23?,27-/m0/s1. The van der Waals surface area contributed by atoms with Gasteiger partial charge in [-0.2, -0.15) is 13.2 Å². The third-order valence-corrected chi connectivity index (χ3v) is 10.3. The molecular formula is C28H38F3N5O3S2. The molecule has 4 heterocycles. The number of fused-ring (bicyclic) bond motifs is 2. The zero-order chi connectivity index (χ0) is 29.5. The Balaban J connectivity index is 1.45. The molecule has 0 aromatic carbocycles. The van der Waals surface area contributed by atoms with E-state index in [0.29, 0.717) is 68.5 Å². The van der Waals surface area contributed by atoms with Gasteiger partial charge in [-0.15, -0.1) is 0 Å². The lowest BCUT2D eigenvalue weighted by Gasteiger charge is -2.44. The normalized spacial score (nSPS) is 29.6. The van der Waals surface area contributed by atoms with E-state index in [-0.39, 0.29) is 36.6 Å². The summed E-state index contributed by atoms with van der Waals surface area (Å²) in [4.78, 5) is 25.6. The van der Waals surface area contributed by atoms with Crippen LogP contribution in [-0.2, 0) is 33.4 Å². The van der Waals surface area contributed by atoms with Crippen LogP contribution in [0.1, 0.15) is 49.4 Å². The first-order valence-corrected chi connectivity index (χ1v) is 15.1. The highest BCUT2D eigenvalue weighted by atomic mass is 32.1. The highest BCUT2D eigenvalue weighted by molar-refractivity contribution is 7.80. The van der Waals surface area contributed by atoms with Crippen molar-refractivity contribution in [1.82, 2.24) is 25.0 Å². The fourth-order valence-corrected chi connectivity index (χ4v) is 7.75. The molecule has 1 saturated carbocycles. The number of nitrogens with zero attached hydrogens (tertiary/aromatic N) is 4. The quantitative estimate of drug-likeness (QED) is 0.504. The van der Waals surface area contributed by atoms with Gasteiger partial charge in [0.25, 0.3) is 0 Å². The van der Waals surface area contributed by atoms with Crippen molar-refractivity contribution in [3.05, 3.63) is 29.1 Å². The van der Waals surface area contributed by atoms with E-state index in [1.807, 2.05) is 14.0 Å². The predicted molar refractivity (Wildman–Crippen MR) is 155 cm³/mol. The lowest BCUT2D eigenvalue weighted by molar-refractivity contribution is -0.144. The van der Waals surface area contributed by atoms with E-state index < -0.39 is 17.2 Å². The molecule has 1 aromatic rings. The van der Waals surface area contributed by atoms with Gasteiger partial charge < -0.3 is 29.5 Å². The maximum atomic E-state index is 14.6. The van der Waals surface area contributed by atoms with Gasteiger partial charge in [-0.1, -0.05) is 19.1 Å². The Bertz CT molecular complexity index is 1190. The van der Waals surface area contributed by atoms with Crippen LogP contribution in [0.5, 0.6) is 0 Å². The van der Waals surface area contributed by atoms with Crippen LogP contribution in [-0.4, -0.2) is 101 Å². The molecule has 0 radical (unpaired) electrons. The lowest BCUT2D eigenvalue weighted by Crippen LogP contribution is -2.58. The lowest BCUT2D eigenvalue weighted by atomic mass is 9.78. The van der Waals surface area contributed by atoms with Gasteiger partial charge >= 0.3 is 6.18 Å². The second kappa shape index (κ2) is 11.9. The number of carbonyl (C=O) groups is 1. The number of aromatic nitrogens is 1. The van der Waals surface area contributed by atoms with Crippen molar-refractivity contribution in [3.8, 4) is 0 Å². The molecule has 1 N–H and O–H groups in total. The molecule has 1 aliphatic carbocycles. The van der Waals surface area contributed by atoms with Gasteiger partial charge in [0.1, 0.15) is 6.10 Å². The van der Waals surface area contributed by atoms with Gasteiger partial charge in [-0.25, -0.2) is 0 Å². The molecule has 0 bridgehead atoms. The number of alkyl halides is 3. The number of thiocarbonyl (C=S) groups is 2. The van der Waals surface area contributed by atoms with Crippen LogP contribution in [0.15, 0.2) is 12.3 Å². The number of hydrogen-bond donors (Lipinski definition) is 1. The molecule has 8 nitrogen and oxygen atoms in total. The van der Waals surface area contributed by atoms with Crippen molar-refractivity contribution in [1.29, 1.82) is 0 Å². The van der Waals surface area contributed by atoms with Crippen LogP contribution in [0, 0.1) is 11.3 Å². The fourth-order valence-electron chi connectivity index (χ4n) is 7.32. The smallest absolute Gasteiger partial charge is 0.379 e. The molecule has 5 rings (SSSR count). The van der Waals surface area contributed by atoms with Gasteiger partial charge in [-0.3, -0.25) is 9.78 Å². The molecule has 41 heavy (non-hydrogen) atoms. The van der Waals surface area contributed by atoms with E-state index in [9.17, 15) is 18.0 Å². The zero-order valence-corrected chi connectivity index (χ0v) is 25.3. The first kappa shape index (κ1) is 30.4. The van der Waals surface area contributed by atoms with Crippen molar-refractivity contribution in [2.45, 2.75) is 69.9 Å². The van der Waals surface area contributed by atoms with Gasteiger partial charge in [0.2, 0.25) is 5.91 Å². The topological polar surface area (TPSA) is 70.2 Å². The summed E-state index contributed by atoms with van der Waals surface area (Å²) >= 11 is 11.5. The number of hydrogen-bond acceptors (Lipinski definition) is 6. The van der Waals surface area contributed by atoms with Crippen molar-refractivity contribution in [2.24, 2.45) is 11.3 Å². The minimum Gasteiger partial charge on any atom is -0.379 e. The van der Waals surface area contributed by atoms with Gasteiger partial charge in [0, 0.05) is 71.3 Å². The predicted octanol–water partition coefficient (Wildman–Crippen LogP) is 3.41. The Kier molecular flexibility index (Phi) is 8.81. The first-order chi connectivity index (χ1) is 19.5. The Morgan fingerprint density at radius 1 is 1.34 bits per heavy atom. The van der Waals surface area contributed by atoms with Crippen molar-refractivity contribution in [3.63, 3.8) is 0 Å². The maximum Gasteiger partial charge on any atom is 0.417 e. The molecular weight excluding hydrogens is 575 g/mol. The monoisotopic (exact) mass is 613 g/mol. The molecule has 2 saturated heterocycles. The highest BCUT2D eigenvalue weighted by Crippen LogP contribution is 2.52. The Morgan fingerprint density at radius 3 is 2.80 bits per heavy atom.